The highest BCUT2D eigenvalue weighted by Crippen LogP contribution is 2.33. The zero-order valence-corrected chi connectivity index (χ0v) is 14.9. The molecule has 3 rings (SSSR count). The molecule has 1 aromatic heterocycles. The molecule has 2 aromatic rings. The predicted octanol–water partition coefficient (Wildman–Crippen LogP) is 2.30. The van der Waals surface area contributed by atoms with Crippen molar-refractivity contribution in [3.05, 3.63) is 35.7 Å². The van der Waals surface area contributed by atoms with Crippen LogP contribution >= 0.6 is 11.8 Å². The van der Waals surface area contributed by atoms with Gasteiger partial charge in [-0.3, -0.25) is 9.59 Å². The van der Waals surface area contributed by atoms with E-state index in [2.05, 4.69) is 15.5 Å². The van der Waals surface area contributed by atoms with Crippen molar-refractivity contribution in [3.8, 4) is 0 Å². The van der Waals surface area contributed by atoms with E-state index in [0.717, 1.165) is 23.8 Å². The van der Waals surface area contributed by atoms with Crippen molar-refractivity contribution < 1.29 is 9.59 Å². The molecule has 1 aliphatic carbocycles. The van der Waals surface area contributed by atoms with Crippen molar-refractivity contribution in [2.45, 2.75) is 36.8 Å². The van der Waals surface area contributed by atoms with Gasteiger partial charge in [-0.05, 0) is 25.0 Å². The number of carbonyl (C=O) groups is 2. The summed E-state index contributed by atoms with van der Waals surface area (Å²) in [5.74, 6) is 0.869. The second-order valence-corrected chi connectivity index (χ2v) is 7.07. The van der Waals surface area contributed by atoms with E-state index >= 15 is 0 Å². The van der Waals surface area contributed by atoms with Crippen LogP contribution in [0.3, 0.4) is 0 Å². The van der Waals surface area contributed by atoms with Gasteiger partial charge in [-0.25, -0.2) is 0 Å². The first kappa shape index (κ1) is 17.5. The van der Waals surface area contributed by atoms with E-state index in [1.165, 1.54) is 24.6 Å². The van der Waals surface area contributed by atoms with E-state index < -0.39 is 5.91 Å². The molecule has 1 aromatic carbocycles. The van der Waals surface area contributed by atoms with E-state index in [1.54, 1.807) is 24.3 Å². The summed E-state index contributed by atoms with van der Waals surface area (Å²) < 4.78 is 1.98. The van der Waals surface area contributed by atoms with Gasteiger partial charge in [0.15, 0.2) is 5.16 Å². The number of para-hydroxylation sites is 1. The Hall–Kier alpha value is -2.35. The fourth-order valence-electron chi connectivity index (χ4n) is 3.11. The van der Waals surface area contributed by atoms with Gasteiger partial charge in [0.25, 0.3) is 5.91 Å². The van der Waals surface area contributed by atoms with Crippen LogP contribution in [0.2, 0.25) is 0 Å². The molecule has 0 unspecified atom stereocenters. The van der Waals surface area contributed by atoms with E-state index in [0.29, 0.717) is 17.2 Å². The molecule has 2 amide bonds. The van der Waals surface area contributed by atoms with E-state index in [4.69, 9.17) is 5.73 Å². The summed E-state index contributed by atoms with van der Waals surface area (Å²) in [6.07, 6.45) is 4.78. The van der Waals surface area contributed by atoms with Gasteiger partial charge < -0.3 is 15.6 Å². The third-order valence-electron chi connectivity index (χ3n) is 4.39. The van der Waals surface area contributed by atoms with Gasteiger partial charge in [-0.2, -0.15) is 0 Å². The maximum Gasteiger partial charge on any atom is 0.250 e. The number of rotatable bonds is 6. The highest BCUT2D eigenvalue weighted by atomic mass is 32.2. The molecular weight excluding hydrogens is 338 g/mol. The van der Waals surface area contributed by atoms with Crippen molar-refractivity contribution in [3.63, 3.8) is 0 Å². The molecule has 25 heavy (non-hydrogen) atoms. The minimum atomic E-state index is -0.571. The third kappa shape index (κ3) is 4.01. The van der Waals surface area contributed by atoms with E-state index in [-0.39, 0.29) is 11.7 Å². The van der Waals surface area contributed by atoms with Gasteiger partial charge in [0.05, 0.1) is 17.0 Å². The first-order valence-corrected chi connectivity index (χ1v) is 9.25. The number of carbonyl (C=O) groups excluding carboxylic acids is 2. The van der Waals surface area contributed by atoms with Crippen molar-refractivity contribution in [2.24, 2.45) is 12.8 Å². The van der Waals surface area contributed by atoms with Crippen LogP contribution in [-0.2, 0) is 11.8 Å². The van der Waals surface area contributed by atoms with Crippen LogP contribution in [0.25, 0.3) is 0 Å². The number of nitrogens with one attached hydrogen (secondary N) is 1. The average Bonchev–Trinajstić information content (AvgIpc) is 3.23. The molecule has 0 spiro atoms. The lowest BCUT2D eigenvalue weighted by atomic mass is 10.1. The summed E-state index contributed by atoms with van der Waals surface area (Å²) in [5, 5.41) is 12.0. The van der Waals surface area contributed by atoms with Crippen molar-refractivity contribution in [2.75, 3.05) is 11.1 Å². The summed E-state index contributed by atoms with van der Waals surface area (Å²) in [4.78, 5) is 23.6. The van der Waals surface area contributed by atoms with E-state index in [9.17, 15) is 9.59 Å². The number of hydrogen-bond acceptors (Lipinski definition) is 5. The zero-order valence-electron chi connectivity index (χ0n) is 14.1. The molecular formula is C17H21N5O2S. The molecule has 0 atom stereocenters. The lowest BCUT2D eigenvalue weighted by Gasteiger charge is -2.10. The average molecular weight is 359 g/mol. The lowest BCUT2D eigenvalue weighted by Crippen LogP contribution is -2.19. The smallest absolute Gasteiger partial charge is 0.250 e. The predicted molar refractivity (Wildman–Crippen MR) is 96.5 cm³/mol. The topological polar surface area (TPSA) is 103 Å². The van der Waals surface area contributed by atoms with Crippen LogP contribution in [-0.4, -0.2) is 32.3 Å². The summed E-state index contributed by atoms with van der Waals surface area (Å²) in [7, 11) is 1.94. The Balaban J connectivity index is 1.61. The van der Waals surface area contributed by atoms with Crippen molar-refractivity contribution >= 4 is 29.3 Å². The normalized spacial score (nSPS) is 14.6. The molecule has 7 nitrogen and oxygen atoms in total. The first-order valence-electron chi connectivity index (χ1n) is 8.27. The maximum absolute atomic E-state index is 12.2. The van der Waals surface area contributed by atoms with Crippen LogP contribution in [0, 0.1) is 0 Å². The van der Waals surface area contributed by atoms with Crippen LogP contribution in [0.15, 0.2) is 29.4 Å². The number of primary amides is 1. The van der Waals surface area contributed by atoms with Crippen molar-refractivity contribution in [1.82, 2.24) is 14.8 Å². The molecule has 0 radical (unpaired) electrons. The maximum atomic E-state index is 12.2. The van der Waals surface area contributed by atoms with Gasteiger partial charge in [0, 0.05) is 13.0 Å². The number of thioether (sulfide) groups is 1. The second kappa shape index (κ2) is 7.69. The molecule has 1 aliphatic rings. The minimum absolute atomic E-state index is 0.184. The second-order valence-electron chi connectivity index (χ2n) is 6.13. The van der Waals surface area contributed by atoms with Crippen LogP contribution in [0.5, 0.6) is 0 Å². The number of aromatic nitrogens is 3. The molecule has 0 saturated heterocycles. The first-order chi connectivity index (χ1) is 12.1. The molecule has 1 heterocycles. The van der Waals surface area contributed by atoms with Gasteiger partial charge in [0.1, 0.15) is 5.82 Å². The third-order valence-corrected chi connectivity index (χ3v) is 5.41. The van der Waals surface area contributed by atoms with Crippen LogP contribution in [0.1, 0.15) is 47.8 Å². The quantitative estimate of drug-likeness (QED) is 0.770. The molecule has 3 N–H and O–H groups in total. The Morgan fingerprint density at radius 1 is 1.28 bits per heavy atom. The number of nitrogens with two attached hydrogens (primary N) is 1. The van der Waals surface area contributed by atoms with Gasteiger partial charge in [-0.1, -0.05) is 36.7 Å². The molecule has 1 fully saturated rings. The van der Waals surface area contributed by atoms with Gasteiger partial charge >= 0.3 is 0 Å². The van der Waals surface area contributed by atoms with E-state index in [1.807, 2.05) is 11.6 Å². The number of benzene rings is 1. The van der Waals surface area contributed by atoms with Gasteiger partial charge in [-0.15, -0.1) is 10.2 Å². The molecule has 0 aliphatic heterocycles. The Labute approximate surface area is 150 Å². The fourth-order valence-corrected chi connectivity index (χ4v) is 3.83. The largest absolute Gasteiger partial charge is 0.366 e. The standard InChI is InChI=1S/C17H21N5O2S/c1-22-16(11-6-2-3-7-11)20-21-17(22)25-10-14(23)19-13-9-5-4-8-12(13)15(18)24/h4-5,8-9,11H,2-3,6-7,10H2,1H3,(H2,18,24)(H,19,23). The Bertz CT molecular complexity index is 783. The minimum Gasteiger partial charge on any atom is -0.366 e. The van der Waals surface area contributed by atoms with Crippen molar-refractivity contribution in [1.29, 1.82) is 0 Å². The number of hydrogen-bond donors (Lipinski definition) is 2. The molecule has 8 heteroatoms. The fraction of sp³-hybridized carbons (Fsp3) is 0.412. The zero-order chi connectivity index (χ0) is 17.8. The van der Waals surface area contributed by atoms with Gasteiger partial charge in [0.2, 0.25) is 5.91 Å². The monoisotopic (exact) mass is 359 g/mol. The SMILES string of the molecule is Cn1c(SCC(=O)Nc2ccccc2C(N)=O)nnc1C1CCCC1. The van der Waals surface area contributed by atoms with Crippen LogP contribution in [0.4, 0.5) is 5.69 Å². The molecule has 132 valence electrons. The Morgan fingerprint density at radius 2 is 2.00 bits per heavy atom. The number of anilines is 1. The lowest BCUT2D eigenvalue weighted by molar-refractivity contribution is -0.113. The Morgan fingerprint density at radius 3 is 2.72 bits per heavy atom. The highest BCUT2D eigenvalue weighted by Gasteiger charge is 2.23. The highest BCUT2D eigenvalue weighted by molar-refractivity contribution is 7.99. The Kier molecular flexibility index (Phi) is 5.37. The van der Waals surface area contributed by atoms with Crippen LogP contribution < -0.4 is 11.1 Å². The number of nitrogens with zero attached hydrogens (tertiary/aromatic N) is 3. The molecule has 0 bridgehead atoms. The summed E-state index contributed by atoms with van der Waals surface area (Å²) in [5.41, 5.74) is 6.04. The molecule has 1 saturated carbocycles. The summed E-state index contributed by atoms with van der Waals surface area (Å²) >= 11 is 1.33. The number of amides is 2. The summed E-state index contributed by atoms with van der Waals surface area (Å²) in [6.45, 7) is 0. The summed E-state index contributed by atoms with van der Waals surface area (Å²) in [6, 6.07) is 6.69.